The van der Waals surface area contributed by atoms with Crippen LogP contribution in [0.1, 0.15) is 30.4 Å². The predicted octanol–water partition coefficient (Wildman–Crippen LogP) is 5.43. The Hall–Kier alpha value is -1.39. The molecule has 154 valence electrons. The van der Waals surface area contributed by atoms with Crippen molar-refractivity contribution in [2.75, 3.05) is 11.3 Å². The molecule has 1 spiro atoms. The van der Waals surface area contributed by atoms with Crippen LogP contribution < -0.4 is 9.46 Å². The number of halogens is 4. The molecule has 1 fully saturated rings. The van der Waals surface area contributed by atoms with Crippen molar-refractivity contribution in [3.8, 4) is 5.75 Å². The lowest BCUT2D eigenvalue weighted by Crippen LogP contribution is -2.30. The molecule has 2 aromatic rings. The first-order valence-electron chi connectivity index (χ1n) is 8.97. The van der Waals surface area contributed by atoms with Crippen molar-refractivity contribution in [3.63, 3.8) is 0 Å². The number of rotatable bonds is 2. The van der Waals surface area contributed by atoms with Gasteiger partial charge in [-0.15, -0.1) is 0 Å². The molecule has 0 radical (unpaired) electrons. The second kappa shape index (κ2) is 7.70. The van der Waals surface area contributed by atoms with E-state index in [1.54, 1.807) is 30.4 Å². The second-order valence-electron chi connectivity index (χ2n) is 7.21. The highest BCUT2D eigenvalue weighted by Gasteiger charge is 2.54. The van der Waals surface area contributed by atoms with Gasteiger partial charge in [0.15, 0.2) is 11.6 Å². The standard InChI is InChI=1S/C20H17ClF2INO3S/c21-15-10-13(24)4-3-12(15)9-14-18(23)16(22)11-17-19(14)25-29(26,27)20(6-7-20)5-1-2-8-28-17/h1-4,10-11,25H,5-9H2/b2-1+. The molecular formula is C20H17ClF2INO3S. The van der Waals surface area contributed by atoms with Crippen molar-refractivity contribution >= 4 is 49.9 Å². The minimum atomic E-state index is -3.83. The van der Waals surface area contributed by atoms with Crippen LogP contribution in [0.25, 0.3) is 0 Å². The average Bonchev–Trinajstić information content (AvgIpc) is 3.44. The maximum atomic E-state index is 14.8. The van der Waals surface area contributed by atoms with Gasteiger partial charge in [0.05, 0.1) is 10.4 Å². The van der Waals surface area contributed by atoms with Gasteiger partial charge in [0, 0.05) is 26.6 Å². The second-order valence-corrected chi connectivity index (χ2v) is 10.9. The van der Waals surface area contributed by atoms with Crippen LogP contribution in [-0.2, 0) is 16.4 Å². The molecule has 1 aliphatic carbocycles. The third kappa shape index (κ3) is 3.98. The molecule has 0 atom stereocenters. The van der Waals surface area contributed by atoms with Crippen molar-refractivity contribution in [1.29, 1.82) is 0 Å². The molecule has 1 aliphatic heterocycles. The van der Waals surface area contributed by atoms with Gasteiger partial charge in [0.1, 0.15) is 12.4 Å². The van der Waals surface area contributed by atoms with Crippen LogP contribution in [0.4, 0.5) is 14.5 Å². The Morgan fingerprint density at radius 2 is 1.97 bits per heavy atom. The van der Waals surface area contributed by atoms with E-state index in [0.29, 0.717) is 29.8 Å². The van der Waals surface area contributed by atoms with Crippen LogP contribution in [0.5, 0.6) is 5.75 Å². The molecule has 4 nitrogen and oxygen atoms in total. The largest absolute Gasteiger partial charge is 0.487 e. The van der Waals surface area contributed by atoms with Crippen LogP contribution >= 0.6 is 34.2 Å². The molecule has 1 N–H and O–H groups in total. The molecule has 1 heterocycles. The Morgan fingerprint density at radius 3 is 2.66 bits per heavy atom. The molecule has 29 heavy (non-hydrogen) atoms. The fourth-order valence-electron chi connectivity index (χ4n) is 3.37. The first-order chi connectivity index (χ1) is 13.7. The summed E-state index contributed by atoms with van der Waals surface area (Å²) < 4.78 is 63.3. The summed E-state index contributed by atoms with van der Waals surface area (Å²) in [7, 11) is -3.83. The monoisotopic (exact) mass is 551 g/mol. The quantitative estimate of drug-likeness (QED) is 0.400. The van der Waals surface area contributed by atoms with Gasteiger partial charge in [-0.3, -0.25) is 4.72 Å². The summed E-state index contributed by atoms with van der Waals surface area (Å²) >= 11 is 8.37. The number of hydrogen-bond acceptors (Lipinski definition) is 3. The summed E-state index contributed by atoms with van der Waals surface area (Å²) in [5.74, 6) is -2.28. The van der Waals surface area contributed by atoms with E-state index < -0.39 is 26.4 Å². The number of allylic oxidation sites excluding steroid dienone is 1. The molecule has 9 heteroatoms. The van der Waals surface area contributed by atoms with Crippen LogP contribution in [0.3, 0.4) is 0 Å². The Labute approximate surface area is 186 Å². The molecule has 2 aliphatic rings. The molecule has 1 saturated carbocycles. The van der Waals surface area contributed by atoms with Crippen LogP contribution in [0.2, 0.25) is 5.02 Å². The Bertz CT molecular complexity index is 1120. The molecule has 0 aromatic heterocycles. The van der Waals surface area contributed by atoms with E-state index in [0.717, 1.165) is 9.64 Å². The fourth-order valence-corrected chi connectivity index (χ4v) is 5.96. The summed E-state index contributed by atoms with van der Waals surface area (Å²) in [5.41, 5.74) is 0.350. The van der Waals surface area contributed by atoms with Crippen molar-refractivity contribution in [2.45, 2.75) is 30.4 Å². The fraction of sp³-hybridized carbons (Fsp3) is 0.300. The lowest BCUT2D eigenvalue weighted by molar-refractivity contribution is 0.358. The topological polar surface area (TPSA) is 55.4 Å². The van der Waals surface area contributed by atoms with Crippen LogP contribution in [-0.4, -0.2) is 19.8 Å². The van der Waals surface area contributed by atoms with Gasteiger partial charge in [0.25, 0.3) is 0 Å². The first kappa shape index (κ1) is 20.9. The van der Waals surface area contributed by atoms with Gasteiger partial charge in [-0.2, -0.15) is 0 Å². The van der Waals surface area contributed by atoms with Crippen molar-refractivity contribution in [2.24, 2.45) is 0 Å². The van der Waals surface area contributed by atoms with E-state index in [4.69, 9.17) is 16.3 Å². The zero-order chi connectivity index (χ0) is 20.8. The van der Waals surface area contributed by atoms with Gasteiger partial charge >= 0.3 is 0 Å². The Morgan fingerprint density at radius 1 is 1.21 bits per heavy atom. The molecule has 0 bridgehead atoms. The Kier molecular flexibility index (Phi) is 5.54. The van der Waals surface area contributed by atoms with E-state index in [1.165, 1.54) is 0 Å². The predicted molar refractivity (Wildman–Crippen MR) is 117 cm³/mol. The lowest BCUT2D eigenvalue weighted by Gasteiger charge is -2.23. The number of fused-ring (bicyclic) bond motifs is 1. The summed E-state index contributed by atoms with van der Waals surface area (Å²) in [6.45, 7) is 0.125. The number of sulfonamides is 1. The highest BCUT2D eigenvalue weighted by molar-refractivity contribution is 14.1. The first-order valence-corrected chi connectivity index (χ1v) is 11.9. The van der Waals surface area contributed by atoms with Gasteiger partial charge in [-0.05, 0) is 59.5 Å². The van der Waals surface area contributed by atoms with E-state index in [-0.39, 0.29) is 30.0 Å². The summed E-state index contributed by atoms with van der Waals surface area (Å²) in [6.07, 6.45) is 4.75. The molecule has 2 aromatic carbocycles. The summed E-state index contributed by atoms with van der Waals surface area (Å²) in [6, 6.07) is 6.09. The van der Waals surface area contributed by atoms with E-state index >= 15 is 0 Å². The highest BCUT2D eigenvalue weighted by Crippen LogP contribution is 2.49. The van der Waals surface area contributed by atoms with E-state index in [1.807, 2.05) is 0 Å². The molecular weight excluding hydrogens is 535 g/mol. The van der Waals surface area contributed by atoms with E-state index in [9.17, 15) is 17.2 Å². The third-order valence-corrected chi connectivity index (χ3v) is 8.48. The smallest absolute Gasteiger partial charge is 0.238 e. The maximum Gasteiger partial charge on any atom is 0.238 e. The van der Waals surface area contributed by atoms with Crippen molar-refractivity contribution in [3.05, 3.63) is 67.8 Å². The third-order valence-electron chi connectivity index (χ3n) is 5.27. The summed E-state index contributed by atoms with van der Waals surface area (Å²) in [5, 5.41) is 0.388. The van der Waals surface area contributed by atoms with Gasteiger partial charge in [-0.25, -0.2) is 17.2 Å². The zero-order valence-electron chi connectivity index (χ0n) is 15.1. The number of anilines is 1. The average molecular weight is 552 g/mol. The van der Waals surface area contributed by atoms with Gasteiger partial charge in [-0.1, -0.05) is 29.8 Å². The highest BCUT2D eigenvalue weighted by atomic mass is 127. The normalized spacial score (nSPS) is 20.3. The van der Waals surface area contributed by atoms with Crippen molar-refractivity contribution < 1.29 is 21.9 Å². The summed E-state index contributed by atoms with van der Waals surface area (Å²) in [4.78, 5) is 0. The molecule has 4 rings (SSSR count). The number of ether oxygens (including phenoxy) is 1. The molecule has 0 saturated heterocycles. The zero-order valence-corrected chi connectivity index (χ0v) is 18.9. The number of nitrogens with one attached hydrogen (secondary N) is 1. The van der Waals surface area contributed by atoms with Crippen LogP contribution in [0.15, 0.2) is 36.4 Å². The number of benzene rings is 2. The van der Waals surface area contributed by atoms with Gasteiger partial charge in [0.2, 0.25) is 10.0 Å². The minimum absolute atomic E-state index is 0.0496. The van der Waals surface area contributed by atoms with Gasteiger partial charge < -0.3 is 4.74 Å². The van der Waals surface area contributed by atoms with Crippen molar-refractivity contribution in [1.82, 2.24) is 0 Å². The molecule has 0 unspecified atom stereocenters. The van der Waals surface area contributed by atoms with Crippen LogP contribution in [0, 0.1) is 15.2 Å². The molecule has 0 amide bonds. The lowest BCUT2D eigenvalue weighted by atomic mass is 10.0. The van der Waals surface area contributed by atoms with E-state index in [2.05, 4.69) is 27.3 Å². The SMILES string of the molecule is O=S1(=O)Nc2c(cc(F)c(F)c2Cc2ccc(I)cc2Cl)OC/C=C/CC12CC2. The maximum absolute atomic E-state index is 14.8. The minimum Gasteiger partial charge on any atom is -0.487 e. The Balaban J connectivity index is 1.86. The number of hydrogen-bond donors (Lipinski definition) is 1.